The first-order chi connectivity index (χ1) is 32.9. The van der Waals surface area contributed by atoms with Crippen LogP contribution in [-0.4, -0.2) is 116 Å². The standard InChI is InChI=1S/C57H76O13/c1-52(2,63-11)30-32-67-54(5,6)38-57(40-58,41-64-34-35-69-56(9,10)48(59)36-65-46-26-22-44(23-27-46)50(61)42-18-14-12-15-19-42)39-55(7,8)68-33-31-53(3,4)70-49(60)37-66-47-28-24-45(25-29-47)51(62)43-20-16-13-17-21-43/h12-29,58H,30-41H2,1-11H3. The van der Waals surface area contributed by atoms with Crippen molar-refractivity contribution in [3.8, 4) is 11.5 Å². The van der Waals surface area contributed by atoms with Crippen molar-refractivity contribution < 1.29 is 62.2 Å². The molecule has 0 saturated carbocycles. The van der Waals surface area contributed by atoms with Crippen molar-refractivity contribution in [2.75, 3.05) is 60.0 Å². The minimum absolute atomic E-state index is 0.101. The zero-order valence-electron chi connectivity index (χ0n) is 43.2. The van der Waals surface area contributed by atoms with Crippen molar-refractivity contribution in [1.29, 1.82) is 0 Å². The van der Waals surface area contributed by atoms with E-state index in [1.54, 1.807) is 93.8 Å². The Hall–Kier alpha value is -5.28. The molecule has 1 atom stereocenters. The molecule has 0 aliphatic heterocycles. The lowest BCUT2D eigenvalue weighted by Crippen LogP contribution is -2.46. The van der Waals surface area contributed by atoms with Crippen LogP contribution < -0.4 is 9.47 Å². The van der Waals surface area contributed by atoms with Gasteiger partial charge in [-0.1, -0.05) is 60.7 Å². The number of benzene rings is 4. The first-order valence-electron chi connectivity index (χ1n) is 23.9. The minimum Gasteiger partial charge on any atom is -0.486 e. The van der Waals surface area contributed by atoms with Crippen molar-refractivity contribution in [2.45, 2.75) is 123 Å². The van der Waals surface area contributed by atoms with Gasteiger partial charge in [0.2, 0.25) is 5.78 Å². The molecule has 4 aromatic carbocycles. The third-order valence-corrected chi connectivity index (χ3v) is 12.1. The largest absolute Gasteiger partial charge is 0.486 e. The molecule has 0 radical (unpaired) electrons. The number of carbonyl (C=O) groups excluding carboxylic acids is 4. The van der Waals surface area contributed by atoms with Gasteiger partial charge in [0.15, 0.2) is 18.2 Å². The first kappa shape index (κ1) is 57.3. The van der Waals surface area contributed by atoms with Gasteiger partial charge in [0.25, 0.3) is 0 Å². The maximum absolute atomic E-state index is 13.2. The highest BCUT2D eigenvalue weighted by molar-refractivity contribution is 6.09. The predicted octanol–water partition coefficient (Wildman–Crippen LogP) is 9.86. The third-order valence-electron chi connectivity index (χ3n) is 12.1. The normalized spacial score (nSPS) is 13.3. The Morgan fingerprint density at radius 2 is 0.914 bits per heavy atom. The Morgan fingerprint density at radius 3 is 1.36 bits per heavy atom. The number of rotatable bonds is 32. The molecule has 0 heterocycles. The fourth-order valence-electron chi connectivity index (χ4n) is 7.97. The molecule has 0 saturated heterocycles. The zero-order valence-corrected chi connectivity index (χ0v) is 43.2. The maximum atomic E-state index is 13.2. The maximum Gasteiger partial charge on any atom is 0.344 e. The molecule has 0 spiro atoms. The van der Waals surface area contributed by atoms with Crippen molar-refractivity contribution in [3.05, 3.63) is 131 Å². The van der Waals surface area contributed by atoms with E-state index in [9.17, 15) is 24.3 Å². The summed E-state index contributed by atoms with van der Waals surface area (Å²) in [7, 11) is 1.67. The highest BCUT2D eigenvalue weighted by Crippen LogP contribution is 2.40. The fourth-order valence-corrected chi connectivity index (χ4v) is 7.97. The number of Topliss-reactive ketones (excluding diaryl/α,β-unsaturated/α-hetero) is 1. The molecule has 4 aromatic rings. The van der Waals surface area contributed by atoms with Gasteiger partial charge in [-0.2, -0.15) is 0 Å². The molecule has 0 amide bonds. The molecular weight excluding hydrogens is 893 g/mol. The number of hydrogen-bond acceptors (Lipinski definition) is 13. The number of esters is 1. The smallest absolute Gasteiger partial charge is 0.344 e. The number of ether oxygens (including phenoxy) is 8. The first-order valence-corrected chi connectivity index (χ1v) is 23.9. The Kier molecular flexibility index (Phi) is 21.1. The van der Waals surface area contributed by atoms with Crippen molar-refractivity contribution in [3.63, 3.8) is 0 Å². The van der Waals surface area contributed by atoms with Crippen LogP contribution in [0.3, 0.4) is 0 Å². The summed E-state index contributed by atoms with van der Waals surface area (Å²) in [4.78, 5) is 51.7. The Balaban J connectivity index is 1.29. The van der Waals surface area contributed by atoms with Gasteiger partial charge in [0, 0.05) is 41.2 Å². The molecule has 0 aliphatic carbocycles. The molecule has 0 fully saturated rings. The number of carbonyl (C=O) groups is 4. The van der Waals surface area contributed by atoms with Gasteiger partial charge in [-0.05, 0) is 137 Å². The molecule has 4 rings (SSSR count). The van der Waals surface area contributed by atoms with Crippen molar-refractivity contribution >= 4 is 23.3 Å². The topological polar surface area (TPSA) is 162 Å². The molecule has 0 bridgehead atoms. The number of methoxy groups -OCH3 is 1. The molecular formula is C57H76O13. The van der Waals surface area contributed by atoms with Crippen LogP contribution in [0.15, 0.2) is 109 Å². The average molecular weight is 969 g/mol. The second kappa shape index (κ2) is 25.7. The summed E-state index contributed by atoms with van der Waals surface area (Å²) in [6, 6.07) is 31.3. The molecule has 1 N–H and O–H groups in total. The fraction of sp³-hybridized carbons (Fsp3) is 0.509. The molecule has 0 aliphatic rings. The van der Waals surface area contributed by atoms with Gasteiger partial charge in [0.05, 0.1) is 56.4 Å². The van der Waals surface area contributed by atoms with E-state index in [1.807, 2.05) is 91.8 Å². The summed E-state index contributed by atoms with van der Waals surface area (Å²) in [5, 5.41) is 11.2. The molecule has 13 heteroatoms. The van der Waals surface area contributed by atoms with Gasteiger partial charge >= 0.3 is 5.97 Å². The van der Waals surface area contributed by atoms with Crippen LogP contribution in [0.2, 0.25) is 0 Å². The molecule has 70 heavy (non-hydrogen) atoms. The summed E-state index contributed by atoms with van der Waals surface area (Å²) in [6.07, 6.45) is 1.86. The van der Waals surface area contributed by atoms with E-state index in [4.69, 9.17) is 37.9 Å². The summed E-state index contributed by atoms with van der Waals surface area (Å²) in [5.74, 6) is -0.155. The van der Waals surface area contributed by atoms with Gasteiger partial charge in [0.1, 0.15) is 29.3 Å². The van der Waals surface area contributed by atoms with Gasteiger partial charge < -0.3 is 43.0 Å². The van der Waals surface area contributed by atoms with E-state index >= 15 is 0 Å². The van der Waals surface area contributed by atoms with Gasteiger partial charge in [-0.3, -0.25) is 14.4 Å². The lowest BCUT2D eigenvalue weighted by atomic mass is 9.72. The summed E-state index contributed by atoms with van der Waals surface area (Å²) >= 11 is 0. The lowest BCUT2D eigenvalue weighted by Gasteiger charge is -2.43. The van der Waals surface area contributed by atoms with Crippen LogP contribution in [0.4, 0.5) is 0 Å². The van der Waals surface area contributed by atoms with Crippen LogP contribution in [0.1, 0.15) is 127 Å². The summed E-state index contributed by atoms with van der Waals surface area (Å²) in [5.41, 5.74) is -2.51. The van der Waals surface area contributed by atoms with Crippen LogP contribution in [0.5, 0.6) is 11.5 Å². The average Bonchev–Trinajstić information content (AvgIpc) is 3.32. The van der Waals surface area contributed by atoms with Crippen LogP contribution in [0, 0.1) is 5.41 Å². The molecule has 382 valence electrons. The number of aliphatic hydroxyl groups is 1. The second-order valence-electron chi connectivity index (χ2n) is 20.8. The van der Waals surface area contributed by atoms with E-state index in [0.29, 0.717) is 66.0 Å². The predicted molar refractivity (Wildman–Crippen MR) is 269 cm³/mol. The van der Waals surface area contributed by atoms with E-state index in [1.165, 1.54) is 0 Å². The second-order valence-corrected chi connectivity index (χ2v) is 20.8. The van der Waals surface area contributed by atoms with E-state index in [0.717, 1.165) is 0 Å². The number of aliphatic hydroxyl groups excluding tert-OH is 1. The monoisotopic (exact) mass is 969 g/mol. The molecule has 0 aromatic heterocycles. The van der Waals surface area contributed by atoms with Gasteiger partial charge in [-0.25, -0.2) is 4.79 Å². The molecule has 13 nitrogen and oxygen atoms in total. The lowest BCUT2D eigenvalue weighted by molar-refractivity contribution is -0.163. The molecule has 1 unspecified atom stereocenters. The van der Waals surface area contributed by atoms with E-state index < -0.39 is 33.8 Å². The highest BCUT2D eigenvalue weighted by atomic mass is 16.6. The highest BCUT2D eigenvalue weighted by Gasteiger charge is 2.42. The van der Waals surface area contributed by atoms with Gasteiger partial charge in [-0.15, -0.1) is 0 Å². The SMILES string of the molecule is COC(C)(C)CCOC(C)(C)CC(CO)(COCCOC(C)(C)C(=O)COc1ccc(C(=O)c2ccccc2)cc1)CC(C)(C)OCCC(C)(C)OC(=O)COc1ccc(C(=O)c2ccccc2)cc1. The van der Waals surface area contributed by atoms with Crippen molar-refractivity contribution in [1.82, 2.24) is 0 Å². The van der Waals surface area contributed by atoms with Crippen LogP contribution >= 0.6 is 0 Å². The Morgan fingerprint density at radius 1 is 0.486 bits per heavy atom. The summed E-state index contributed by atoms with van der Waals surface area (Å²) < 4.78 is 48.0. The summed E-state index contributed by atoms with van der Waals surface area (Å²) in [6.45, 7) is 19.2. The quantitative estimate of drug-likeness (QED) is 0.0280. The third kappa shape index (κ3) is 19.1. The van der Waals surface area contributed by atoms with Crippen LogP contribution in [-0.2, 0) is 38.0 Å². The number of ketones is 3. The zero-order chi connectivity index (χ0) is 51.6. The van der Waals surface area contributed by atoms with E-state index in [-0.39, 0.29) is 69.2 Å². The van der Waals surface area contributed by atoms with Crippen LogP contribution in [0.25, 0.3) is 0 Å². The van der Waals surface area contributed by atoms with E-state index in [2.05, 4.69) is 0 Å². The Labute approximate surface area is 415 Å². The minimum atomic E-state index is -1.19. The number of hydrogen-bond donors (Lipinski definition) is 1. The Bertz CT molecular complexity index is 2250. The van der Waals surface area contributed by atoms with Crippen molar-refractivity contribution in [2.24, 2.45) is 5.41 Å².